The van der Waals surface area contributed by atoms with Gasteiger partial charge in [-0.15, -0.1) is 0 Å². The molecule has 2 aromatic heterocycles. The van der Waals surface area contributed by atoms with Crippen LogP contribution in [0.25, 0.3) is 5.78 Å². The number of fused-ring (bicyclic) bond motifs is 1. The lowest BCUT2D eigenvalue weighted by Crippen LogP contribution is -2.31. The number of hydrogen-bond donors (Lipinski definition) is 2. The van der Waals surface area contributed by atoms with Gasteiger partial charge in [0.2, 0.25) is 5.91 Å². The molecule has 2 heterocycles. The molecular weight excluding hydrogens is 406 g/mol. The lowest BCUT2D eigenvalue weighted by Gasteiger charge is -2.20. The highest BCUT2D eigenvalue weighted by Crippen LogP contribution is 2.22. The van der Waals surface area contributed by atoms with Gasteiger partial charge in [0.1, 0.15) is 12.1 Å². The first-order chi connectivity index (χ1) is 15.5. The second kappa shape index (κ2) is 9.47. The number of nitrogens with one attached hydrogen (secondary N) is 2. The maximum atomic E-state index is 12.9. The Morgan fingerprint density at radius 2 is 1.91 bits per heavy atom. The maximum Gasteiger partial charge on any atom is 0.277 e. The third-order valence-electron chi connectivity index (χ3n) is 5.47. The largest absolute Gasteiger partial charge is 0.497 e. The molecule has 164 valence electrons. The van der Waals surface area contributed by atoms with Gasteiger partial charge in [-0.2, -0.15) is 4.52 Å². The van der Waals surface area contributed by atoms with Crippen molar-refractivity contribution in [3.63, 3.8) is 0 Å². The van der Waals surface area contributed by atoms with Crippen molar-refractivity contribution in [2.24, 2.45) is 0 Å². The van der Waals surface area contributed by atoms with Gasteiger partial charge in [0.25, 0.3) is 11.3 Å². The first-order valence-electron chi connectivity index (χ1n) is 10.4. The highest BCUT2D eigenvalue weighted by atomic mass is 16.5. The van der Waals surface area contributed by atoms with Crippen LogP contribution in [0.4, 0.5) is 0 Å². The van der Waals surface area contributed by atoms with E-state index < -0.39 is 0 Å². The van der Waals surface area contributed by atoms with Crippen molar-refractivity contribution in [3.05, 3.63) is 93.7 Å². The summed E-state index contributed by atoms with van der Waals surface area (Å²) in [6, 6.07) is 17.5. The SMILES string of the molecule is COc1ccc(C(Cc2ccccc2)NC(=O)CCc2c(C)nc3nc[nH]n3c2=O)cc1. The molecule has 2 aromatic carbocycles. The van der Waals surface area contributed by atoms with Crippen molar-refractivity contribution in [3.8, 4) is 5.75 Å². The number of aromatic nitrogens is 4. The Labute approximate surface area is 185 Å². The highest BCUT2D eigenvalue weighted by molar-refractivity contribution is 5.76. The smallest absolute Gasteiger partial charge is 0.277 e. The fraction of sp³-hybridized carbons (Fsp3) is 0.250. The maximum absolute atomic E-state index is 12.9. The average molecular weight is 431 g/mol. The number of carbonyl (C=O) groups is 1. The monoisotopic (exact) mass is 431 g/mol. The molecule has 0 radical (unpaired) electrons. The van der Waals surface area contributed by atoms with Gasteiger partial charge in [0.15, 0.2) is 0 Å². The van der Waals surface area contributed by atoms with Crippen LogP contribution in [0.1, 0.15) is 34.8 Å². The number of benzene rings is 2. The van der Waals surface area contributed by atoms with Crippen LogP contribution in [-0.2, 0) is 17.6 Å². The molecule has 0 spiro atoms. The van der Waals surface area contributed by atoms with Crippen molar-refractivity contribution >= 4 is 11.7 Å². The minimum atomic E-state index is -0.228. The molecule has 1 atom stereocenters. The molecule has 2 N–H and O–H groups in total. The van der Waals surface area contributed by atoms with Gasteiger partial charge in [-0.25, -0.2) is 9.97 Å². The zero-order chi connectivity index (χ0) is 22.5. The molecule has 8 nitrogen and oxygen atoms in total. The normalized spacial score (nSPS) is 11.9. The van der Waals surface area contributed by atoms with Gasteiger partial charge >= 0.3 is 0 Å². The molecule has 4 rings (SSSR count). The van der Waals surface area contributed by atoms with Crippen LogP contribution in [0.15, 0.2) is 65.7 Å². The summed E-state index contributed by atoms with van der Waals surface area (Å²) in [6.45, 7) is 1.76. The predicted octanol–water partition coefficient (Wildman–Crippen LogP) is 2.77. The van der Waals surface area contributed by atoms with Gasteiger partial charge < -0.3 is 10.1 Å². The summed E-state index contributed by atoms with van der Waals surface area (Å²) in [5, 5.41) is 5.88. The lowest BCUT2D eigenvalue weighted by molar-refractivity contribution is -0.121. The number of H-pyrrole nitrogens is 1. The van der Waals surface area contributed by atoms with Gasteiger partial charge in [0, 0.05) is 12.0 Å². The average Bonchev–Trinajstić information content (AvgIpc) is 3.28. The third-order valence-corrected chi connectivity index (χ3v) is 5.47. The van der Waals surface area contributed by atoms with Gasteiger partial charge in [-0.1, -0.05) is 42.5 Å². The van der Waals surface area contributed by atoms with Crippen LogP contribution < -0.4 is 15.6 Å². The number of aryl methyl sites for hydroxylation is 1. The Hall–Kier alpha value is -3.94. The quantitative estimate of drug-likeness (QED) is 0.447. The van der Waals surface area contributed by atoms with Crippen molar-refractivity contribution in [2.75, 3.05) is 7.11 Å². The number of hydrogen-bond acceptors (Lipinski definition) is 5. The fourth-order valence-electron chi connectivity index (χ4n) is 3.73. The summed E-state index contributed by atoms with van der Waals surface area (Å²) in [5.74, 6) is 0.953. The second-order valence-electron chi connectivity index (χ2n) is 7.59. The molecule has 0 aliphatic rings. The van der Waals surface area contributed by atoms with Crippen LogP contribution >= 0.6 is 0 Å². The molecule has 0 aliphatic heterocycles. The highest BCUT2D eigenvalue weighted by Gasteiger charge is 2.18. The summed E-state index contributed by atoms with van der Waals surface area (Å²) in [5.41, 5.74) is 2.97. The second-order valence-corrected chi connectivity index (χ2v) is 7.59. The Kier molecular flexibility index (Phi) is 6.30. The summed E-state index contributed by atoms with van der Waals surface area (Å²) in [4.78, 5) is 33.9. The van der Waals surface area contributed by atoms with E-state index in [9.17, 15) is 9.59 Å². The van der Waals surface area contributed by atoms with Crippen LogP contribution in [0.5, 0.6) is 5.75 Å². The molecule has 0 fully saturated rings. The number of rotatable bonds is 8. The third kappa shape index (κ3) is 4.69. The molecule has 0 bridgehead atoms. The Bertz CT molecular complexity index is 1260. The first-order valence-corrected chi connectivity index (χ1v) is 10.4. The molecule has 8 heteroatoms. The molecule has 32 heavy (non-hydrogen) atoms. The minimum absolute atomic E-state index is 0.129. The standard InChI is InChI=1S/C24H25N5O3/c1-16-20(23(31)29-24(27-16)25-15-26-29)12-13-22(30)28-21(14-17-6-4-3-5-7-17)18-8-10-19(32-2)11-9-18/h3-11,15,21H,12-14H2,1-2H3,(H,28,30)(H,25,26,27). The van der Waals surface area contributed by atoms with Crippen molar-refractivity contribution in [1.29, 1.82) is 0 Å². The minimum Gasteiger partial charge on any atom is -0.497 e. The number of methoxy groups -OCH3 is 1. The molecule has 1 unspecified atom stereocenters. The van der Waals surface area contributed by atoms with E-state index in [-0.39, 0.29) is 23.9 Å². The van der Waals surface area contributed by atoms with Crippen molar-refractivity contribution in [1.82, 2.24) is 24.9 Å². The van der Waals surface area contributed by atoms with Gasteiger partial charge in [-0.05, 0) is 43.0 Å². The number of nitrogens with zero attached hydrogens (tertiary/aromatic N) is 3. The van der Waals surface area contributed by atoms with Crippen molar-refractivity contribution in [2.45, 2.75) is 32.2 Å². The molecule has 1 amide bonds. The van der Waals surface area contributed by atoms with Crippen LogP contribution in [0.2, 0.25) is 0 Å². The Morgan fingerprint density at radius 3 is 2.62 bits per heavy atom. The van der Waals surface area contributed by atoms with Gasteiger partial charge in [0.05, 0.1) is 18.8 Å². The summed E-state index contributed by atoms with van der Waals surface area (Å²) in [6.07, 6.45) is 2.55. The van der Waals surface area contributed by atoms with E-state index in [0.29, 0.717) is 29.9 Å². The first kappa shape index (κ1) is 21.3. The van der Waals surface area contributed by atoms with E-state index in [0.717, 1.165) is 16.9 Å². The topological polar surface area (TPSA) is 101 Å². The van der Waals surface area contributed by atoms with Gasteiger partial charge in [-0.3, -0.25) is 14.7 Å². The van der Waals surface area contributed by atoms with E-state index in [1.807, 2.05) is 54.6 Å². The number of aromatic amines is 1. The number of amides is 1. The summed E-state index contributed by atoms with van der Waals surface area (Å²) >= 11 is 0. The number of ether oxygens (including phenoxy) is 1. The lowest BCUT2D eigenvalue weighted by atomic mass is 9.98. The van der Waals surface area contributed by atoms with E-state index in [2.05, 4.69) is 20.4 Å². The zero-order valence-electron chi connectivity index (χ0n) is 18.0. The van der Waals surface area contributed by atoms with E-state index in [1.54, 1.807) is 14.0 Å². The summed E-state index contributed by atoms with van der Waals surface area (Å²) in [7, 11) is 1.62. The van der Waals surface area contributed by atoms with E-state index >= 15 is 0 Å². The van der Waals surface area contributed by atoms with Crippen LogP contribution in [0, 0.1) is 6.92 Å². The molecule has 4 aromatic rings. The van der Waals surface area contributed by atoms with E-state index in [4.69, 9.17) is 4.74 Å². The molecule has 0 saturated heterocycles. The Morgan fingerprint density at radius 1 is 1.16 bits per heavy atom. The predicted molar refractivity (Wildman–Crippen MR) is 121 cm³/mol. The van der Waals surface area contributed by atoms with Crippen LogP contribution in [0.3, 0.4) is 0 Å². The molecule has 0 aliphatic carbocycles. The fourth-order valence-corrected chi connectivity index (χ4v) is 3.73. The number of carbonyl (C=O) groups excluding carboxylic acids is 1. The van der Waals surface area contributed by atoms with Crippen molar-refractivity contribution < 1.29 is 9.53 Å². The molecule has 0 saturated carbocycles. The molecular formula is C24H25N5O3. The zero-order valence-corrected chi connectivity index (χ0v) is 18.0. The summed E-state index contributed by atoms with van der Waals surface area (Å²) < 4.78 is 6.54. The Balaban J connectivity index is 1.50. The van der Waals surface area contributed by atoms with Crippen LogP contribution in [-0.4, -0.2) is 32.6 Å². The van der Waals surface area contributed by atoms with E-state index in [1.165, 1.54) is 10.8 Å².